The Bertz CT molecular complexity index is 2820. The second-order valence-corrected chi connectivity index (χ2v) is 12.9. The summed E-state index contributed by atoms with van der Waals surface area (Å²) in [7, 11) is 0. The van der Waals surface area contributed by atoms with E-state index in [1.54, 1.807) is 0 Å². The van der Waals surface area contributed by atoms with Crippen molar-refractivity contribution in [3.63, 3.8) is 0 Å². The van der Waals surface area contributed by atoms with Crippen molar-refractivity contribution >= 4 is 28.0 Å². The van der Waals surface area contributed by atoms with Crippen LogP contribution in [0.1, 0.15) is 0 Å². The van der Waals surface area contributed by atoms with Gasteiger partial charge in [0.2, 0.25) is 0 Å². The van der Waals surface area contributed by atoms with E-state index in [0.717, 1.165) is 83.6 Å². The van der Waals surface area contributed by atoms with Gasteiger partial charge in [0.15, 0.2) is 11.4 Å². The largest absolute Gasteiger partial charge is 0.423 e. The average Bonchev–Trinajstić information content (AvgIpc) is 3.77. The van der Waals surface area contributed by atoms with Crippen LogP contribution in [0.25, 0.3) is 95.3 Å². The number of hydrogen-bond donors (Lipinski definition) is 0. The summed E-state index contributed by atoms with van der Waals surface area (Å²) in [5.41, 5.74) is 15.1. The zero-order valence-electron chi connectivity index (χ0n) is 28.0. The Morgan fingerprint density at radius 2 is 0.923 bits per heavy atom. The van der Waals surface area contributed by atoms with Gasteiger partial charge in [0.1, 0.15) is 0 Å². The summed E-state index contributed by atoms with van der Waals surface area (Å²) < 4.78 is 8.38. The Kier molecular flexibility index (Phi) is 7.07. The molecule has 3 heterocycles. The predicted octanol–water partition coefficient (Wildman–Crippen LogP) is 12.0. The summed E-state index contributed by atoms with van der Waals surface area (Å²) in [5.74, 6) is 1.26. The van der Waals surface area contributed by atoms with Crippen LogP contribution in [0.2, 0.25) is 0 Å². The highest BCUT2D eigenvalue weighted by Crippen LogP contribution is 2.38. The van der Waals surface area contributed by atoms with E-state index in [9.17, 15) is 0 Å². The second-order valence-electron chi connectivity index (χ2n) is 12.9. The van der Waals surface area contributed by atoms with Crippen LogP contribution in [-0.2, 0) is 0 Å². The van der Waals surface area contributed by atoms with Crippen LogP contribution in [-0.4, -0.2) is 19.4 Å². The van der Waals surface area contributed by atoms with Gasteiger partial charge in [-0.3, -0.25) is 4.40 Å². The molecule has 10 aromatic rings. The third kappa shape index (κ3) is 5.24. The Morgan fingerprint density at radius 3 is 1.58 bits per heavy atom. The highest BCUT2D eigenvalue weighted by molar-refractivity contribution is 5.95. The van der Waals surface area contributed by atoms with Crippen LogP contribution in [0.3, 0.4) is 0 Å². The average molecular weight is 667 g/mol. The van der Waals surface area contributed by atoms with E-state index >= 15 is 0 Å². The van der Waals surface area contributed by atoms with Crippen molar-refractivity contribution in [2.45, 2.75) is 0 Å². The Hall–Kier alpha value is -7.11. The molecule has 0 aliphatic heterocycles. The van der Waals surface area contributed by atoms with Crippen molar-refractivity contribution in [3.8, 4) is 67.3 Å². The van der Waals surface area contributed by atoms with Crippen molar-refractivity contribution < 1.29 is 4.42 Å². The van der Waals surface area contributed by atoms with Gasteiger partial charge < -0.3 is 4.42 Å². The van der Waals surface area contributed by atoms with E-state index in [4.69, 9.17) is 19.4 Å². The minimum Gasteiger partial charge on any atom is -0.423 e. The van der Waals surface area contributed by atoms with E-state index in [2.05, 4.69) is 132 Å². The van der Waals surface area contributed by atoms with Crippen LogP contribution in [0.5, 0.6) is 0 Å². The highest BCUT2D eigenvalue weighted by Gasteiger charge is 2.18. The third-order valence-electron chi connectivity index (χ3n) is 9.67. The molecular formula is C47H30N4O. The molecule has 5 heteroatoms. The molecule has 244 valence electrons. The number of nitrogens with zero attached hydrogens (tertiary/aromatic N) is 4. The lowest BCUT2D eigenvalue weighted by atomic mass is 9.92. The molecule has 0 saturated carbocycles. The maximum atomic E-state index is 6.25. The molecule has 0 radical (unpaired) electrons. The standard InChI is InChI=1S/C47H30N4O/c1-5-13-31(14-6-1)35-23-26-45-44(28-35)51-43-29-36(22-25-40(43)50-47(51)52-45)38-24-21-37(27-39(38)32-15-7-2-8-16-32)46-48-41(33-17-9-3-10-18-33)30-42(49-46)34-19-11-4-12-20-34/h1-30H. The van der Waals surface area contributed by atoms with Gasteiger partial charge in [-0.05, 0) is 69.8 Å². The first-order chi connectivity index (χ1) is 25.7. The van der Waals surface area contributed by atoms with E-state index < -0.39 is 0 Å². The van der Waals surface area contributed by atoms with E-state index in [1.165, 1.54) is 0 Å². The van der Waals surface area contributed by atoms with Crippen molar-refractivity contribution in [2.75, 3.05) is 0 Å². The quantitative estimate of drug-likeness (QED) is 0.177. The third-order valence-corrected chi connectivity index (χ3v) is 9.67. The Labute approximate surface area is 300 Å². The lowest BCUT2D eigenvalue weighted by Gasteiger charge is -2.14. The van der Waals surface area contributed by atoms with Gasteiger partial charge in [-0.2, -0.15) is 4.98 Å². The minimum absolute atomic E-state index is 0.579. The monoisotopic (exact) mass is 666 g/mol. The van der Waals surface area contributed by atoms with Crippen molar-refractivity contribution in [3.05, 3.63) is 182 Å². The molecule has 3 aromatic heterocycles. The van der Waals surface area contributed by atoms with Gasteiger partial charge >= 0.3 is 5.84 Å². The molecule has 5 nitrogen and oxygen atoms in total. The summed E-state index contributed by atoms with van der Waals surface area (Å²) >= 11 is 0. The van der Waals surface area contributed by atoms with Crippen molar-refractivity contribution in [1.82, 2.24) is 19.4 Å². The predicted molar refractivity (Wildman–Crippen MR) is 211 cm³/mol. The zero-order chi connectivity index (χ0) is 34.4. The van der Waals surface area contributed by atoms with Gasteiger partial charge in [0, 0.05) is 16.7 Å². The molecule has 10 rings (SSSR count). The highest BCUT2D eigenvalue weighted by atomic mass is 16.4. The number of imidazole rings is 1. The molecular weight excluding hydrogens is 637 g/mol. The van der Waals surface area contributed by atoms with Crippen molar-refractivity contribution in [1.29, 1.82) is 0 Å². The number of rotatable bonds is 6. The molecule has 0 aliphatic carbocycles. The molecule has 7 aromatic carbocycles. The number of fused-ring (bicyclic) bond motifs is 5. The van der Waals surface area contributed by atoms with Gasteiger partial charge in [0.25, 0.3) is 0 Å². The molecule has 0 fully saturated rings. The fraction of sp³-hybridized carbons (Fsp3) is 0. The maximum Gasteiger partial charge on any atom is 0.307 e. The van der Waals surface area contributed by atoms with Crippen molar-refractivity contribution in [2.24, 2.45) is 0 Å². The number of aromatic nitrogens is 4. The molecule has 0 unspecified atom stereocenters. The van der Waals surface area contributed by atoms with E-state index in [1.807, 2.05) is 54.6 Å². The van der Waals surface area contributed by atoms with Crippen LogP contribution >= 0.6 is 0 Å². The first kappa shape index (κ1) is 29.8. The Balaban J connectivity index is 1.14. The van der Waals surface area contributed by atoms with Crippen LogP contribution < -0.4 is 0 Å². The topological polar surface area (TPSA) is 56.2 Å². The van der Waals surface area contributed by atoms with Crippen LogP contribution in [0.4, 0.5) is 0 Å². The van der Waals surface area contributed by atoms with Gasteiger partial charge in [-0.1, -0.05) is 146 Å². The molecule has 0 saturated heterocycles. The number of benzene rings is 7. The lowest BCUT2D eigenvalue weighted by molar-refractivity contribution is 0.643. The van der Waals surface area contributed by atoms with Gasteiger partial charge in [0.05, 0.1) is 27.9 Å². The fourth-order valence-corrected chi connectivity index (χ4v) is 7.09. The molecule has 52 heavy (non-hydrogen) atoms. The first-order valence-corrected chi connectivity index (χ1v) is 17.4. The molecule has 0 aliphatic rings. The number of oxazole rings is 1. The molecule has 0 spiro atoms. The second kappa shape index (κ2) is 12.3. The van der Waals surface area contributed by atoms with Crippen LogP contribution in [0.15, 0.2) is 186 Å². The molecule has 0 amide bonds. The van der Waals surface area contributed by atoms with Crippen LogP contribution in [0, 0.1) is 0 Å². The summed E-state index contributed by atoms with van der Waals surface area (Å²) in [6.07, 6.45) is 0. The smallest absolute Gasteiger partial charge is 0.307 e. The summed E-state index contributed by atoms with van der Waals surface area (Å²) in [6.45, 7) is 0. The summed E-state index contributed by atoms with van der Waals surface area (Å²) in [6, 6.07) is 62.9. The lowest BCUT2D eigenvalue weighted by Crippen LogP contribution is -1.97. The molecule has 0 N–H and O–H groups in total. The van der Waals surface area contributed by atoms with Gasteiger partial charge in [-0.15, -0.1) is 0 Å². The molecule has 0 bridgehead atoms. The minimum atomic E-state index is 0.579. The fourth-order valence-electron chi connectivity index (χ4n) is 7.09. The zero-order valence-corrected chi connectivity index (χ0v) is 28.0. The van der Waals surface area contributed by atoms with E-state index in [0.29, 0.717) is 11.7 Å². The van der Waals surface area contributed by atoms with Gasteiger partial charge in [-0.25, -0.2) is 9.97 Å². The number of hydrogen-bond acceptors (Lipinski definition) is 4. The summed E-state index contributed by atoms with van der Waals surface area (Å²) in [5, 5.41) is 0. The first-order valence-electron chi connectivity index (χ1n) is 17.4. The SMILES string of the molecule is c1ccc(-c2ccc3oc4nc5ccc(-c6ccc(-c7nc(-c8ccccc8)cc(-c8ccccc8)n7)cc6-c6ccccc6)cc5n4c3c2)cc1. The normalized spacial score (nSPS) is 11.5. The molecule has 0 atom stereocenters. The van der Waals surface area contributed by atoms with E-state index in [-0.39, 0.29) is 0 Å². The summed E-state index contributed by atoms with van der Waals surface area (Å²) in [4.78, 5) is 15.1. The maximum absolute atomic E-state index is 6.25. The Morgan fingerprint density at radius 1 is 0.365 bits per heavy atom.